The van der Waals surface area contributed by atoms with Crippen LogP contribution in [-0.2, 0) is 0 Å². The van der Waals surface area contributed by atoms with Crippen LogP contribution in [0, 0.1) is 19.8 Å². The Labute approximate surface area is 97.9 Å². The van der Waals surface area contributed by atoms with E-state index in [9.17, 15) is 0 Å². The minimum absolute atomic E-state index is 0.539. The maximum atomic E-state index is 3.60. The van der Waals surface area contributed by atoms with Gasteiger partial charge in [0.2, 0.25) is 0 Å². The van der Waals surface area contributed by atoms with Gasteiger partial charge in [-0.1, -0.05) is 27.2 Å². The predicted octanol–water partition coefficient (Wildman–Crippen LogP) is 4.06. The zero-order valence-electron chi connectivity index (χ0n) is 10.6. The van der Waals surface area contributed by atoms with Crippen LogP contribution in [0.15, 0.2) is 6.07 Å². The molecule has 0 aromatic carbocycles. The molecule has 15 heavy (non-hydrogen) atoms. The van der Waals surface area contributed by atoms with Crippen LogP contribution in [0.1, 0.15) is 48.6 Å². The smallest absolute Gasteiger partial charge is 0.0440 e. The summed E-state index contributed by atoms with van der Waals surface area (Å²) in [6.07, 6.45) is 1.23. The minimum Gasteiger partial charge on any atom is -0.309 e. The molecule has 1 heterocycles. The van der Waals surface area contributed by atoms with E-state index in [1.807, 2.05) is 11.3 Å². The van der Waals surface area contributed by atoms with Gasteiger partial charge < -0.3 is 5.32 Å². The van der Waals surface area contributed by atoms with E-state index in [-0.39, 0.29) is 0 Å². The van der Waals surface area contributed by atoms with Crippen molar-refractivity contribution in [2.45, 2.75) is 47.1 Å². The first-order chi connectivity index (χ1) is 7.10. The lowest BCUT2D eigenvalue weighted by atomic mass is 9.97. The molecule has 0 bridgehead atoms. The van der Waals surface area contributed by atoms with Crippen molar-refractivity contribution in [3.05, 3.63) is 21.4 Å². The Morgan fingerprint density at radius 2 is 2.00 bits per heavy atom. The van der Waals surface area contributed by atoms with E-state index >= 15 is 0 Å². The van der Waals surface area contributed by atoms with Gasteiger partial charge in [0.05, 0.1) is 0 Å². The Morgan fingerprint density at radius 3 is 2.40 bits per heavy atom. The van der Waals surface area contributed by atoms with Gasteiger partial charge in [0.15, 0.2) is 0 Å². The highest BCUT2D eigenvalue weighted by Crippen LogP contribution is 2.31. The van der Waals surface area contributed by atoms with Crippen LogP contribution in [0.25, 0.3) is 0 Å². The molecular weight excluding hydrogens is 202 g/mol. The molecule has 0 spiro atoms. The van der Waals surface area contributed by atoms with Crippen LogP contribution in [0.3, 0.4) is 0 Å². The first kappa shape index (κ1) is 12.7. The van der Waals surface area contributed by atoms with E-state index in [1.165, 1.54) is 21.7 Å². The van der Waals surface area contributed by atoms with Gasteiger partial charge in [0.25, 0.3) is 0 Å². The van der Waals surface area contributed by atoms with E-state index in [4.69, 9.17) is 0 Å². The highest BCUT2D eigenvalue weighted by atomic mass is 32.1. The molecule has 86 valence electrons. The van der Waals surface area contributed by atoms with E-state index in [0.29, 0.717) is 12.0 Å². The van der Waals surface area contributed by atoms with E-state index in [2.05, 4.69) is 46.0 Å². The van der Waals surface area contributed by atoms with Crippen molar-refractivity contribution in [1.82, 2.24) is 5.32 Å². The van der Waals surface area contributed by atoms with Crippen molar-refractivity contribution in [2.75, 3.05) is 6.54 Å². The first-order valence-electron chi connectivity index (χ1n) is 5.90. The summed E-state index contributed by atoms with van der Waals surface area (Å²) in [5, 5.41) is 3.60. The zero-order chi connectivity index (χ0) is 11.4. The summed E-state index contributed by atoms with van der Waals surface area (Å²) in [6.45, 7) is 12.2. The molecule has 1 rings (SSSR count). The fourth-order valence-corrected chi connectivity index (χ4v) is 3.04. The summed E-state index contributed by atoms with van der Waals surface area (Å²) >= 11 is 1.94. The van der Waals surface area contributed by atoms with Crippen molar-refractivity contribution in [1.29, 1.82) is 0 Å². The second kappa shape index (κ2) is 5.66. The number of nitrogens with one attached hydrogen (secondary N) is 1. The van der Waals surface area contributed by atoms with Gasteiger partial charge in [-0.25, -0.2) is 0 Å². The van der Waals surface area contributed by atoms with Crippen molar-refractivity contribution in [3.8, 4) is 0 Å². The predicted molar refractivity (Wildman–Crippen MR) is 69.7 cm³/mol. The number of hydrogen-bond acceptors (Lipinski definition) is 2. The van der Waals surface area contributed by atoms with Crippen molar-refractivity contribution in [2.24, 2.45) is 5.92 Å². The normalized spacial score (nSPS) is 15.3. The van der Waals surface area contributed by atoms with Crippen LogP contribution in [0.4, 0.5) is 0 Å². The van der Waals surface area contributed by atoms with Gasteiger partial charge in [-0.05, 0) is 37.9 Å². The molecule has 0 aliphatic carbocycles. The Morgan fingerprint density at radius 1 is 1.33 bits per heavy atom. The fraction of sp³-hybridized carbons (Fsp3) is 0.692. The lowest BCUT2D eigenvalue weighted by Crippen LogP contribution is -2.25. The molecule has 0 fully saturated rings. The maximum Gasteiger partial charge on any atom is 0.0440 e. The largest absolute Gasteiger partial charge is 0.309 e. The Kier molecular flexibility index (Phi) is 4.81. The molecule has 0 aliphatic rings. The fourth-order valence-electron chi connectivity index (χ4n) is 1.79. The SMILES string of the molecule is CCNC(c1cc(C)c(C)s1)C(C)CC. The number of rotatable bonds is 5. The Balaban J connectivity index is 2.88. The monoisotopic (exact) mass is 225 g/mol. The van der Waals surface area contributed by atoms with Gasteiger partial charge in [-0.2, -0.15) is 0 Å². The summed E-state index contributed by atoms with van der Waals surface area (Å²) in [5.41, 5.74) is 1.43. The summed E-state index contributed by atoms with van der Waals surface area (Å²) < 4.78 is 0. The lowest BCUT2D eigenvalue weighted by molar-refractivity contribution is 0.389. The van der Waals surface area contributed by atoms with Crippen LogP contribution in [-0.4, -0.2) is 6.54 Å². The minimum atomic E-state index is 0.539. The number of aryl methyl sites for hydroxylation is 2. The molecule has 2 heteroatoms. The molecule has 0 aliphatic heterocycles. The molecule has 2 atom stereocenters. The van der Waals surface area contributed by atoms with Crippen molar-refractivity contribution >= 4 is 11.3 Å². The maximum absolute atomic E-state index is 3.60. The Hall–Kier alpha value is -0.340. The summed E-state index contributed by atoms with van der Waals surface area (Å²) in [6, 6.07) is 2.89. The van der Waals surface area contributed by atoms with E-state index < -0.39 is 0 Å². The molecule has 0 amide bonds. The average Bonchev–Trinajstić information content (AvgIpc) is 2.54. The molecule has 1 N–H and O–H groups in total. The molecule has 0 saturated heterocycles. The number of thiophene rings is 1. The second-order valence-corrected chi connectivity index (χ2v) is 5.60. The lowest BCUT2D eigenvalue weighted by Gasteiger charge is -2.22. The van der Waals surface area contributed by atoms with Gasteiger partial charge in [0, 0.05) is 15.8 Å². The van der Waals surface area contributed by atoms with Crippen molar-refractivity contribution < 1.29 is 0 Å². The van der Waals surface area contributed by atoms with Crippen molar-refractivity contribution in [3.63, 3.8) is 0 Å². The van der Waals surface area contributed by atoms with Crippen LogP contribution < -0.4 is 5.32 Å². The van der Waals surface area contributed by atoms with Crippen LogP contribution in [0.5, 0.6) is 0 Å². The summed E-state index contributed by atoms with van der Waals surface area (Å²) in [4.78, 5) is 2.96. The molecule has 0 radical (unpaired) electrons. The molecular formula is C13H23NS. The molecule has 1 nitrogen and oxygen atoms in total. The quantitative estimate of drug-likeness (QED) is 0.797. The third-order valence-corrected chi connectivity index (χ3v) is 4.36. The standard InChI is InChI=1S/C13H23NS/c1-6-9(3)13(14-7-2)12-8-10(4)11(5)15-12/h8-9,13-14H,6-7H2,1-5H3. The molecule has 2 unspecified atom stereocenters. The van der Waals surface area contributed by atoms with Gasteiger partial charge in [-0.3, -0.25) is 0 Å². The van der Waals surface area contributed by atoms with E-state index in [0.717, 1.165) is 6.54 Å². The summed E-state index contributed by atoms with van der Waals surface area (Å²) in [7, 11) is 0. The molecule has 0 saturated carbocycles. The zero-order valence-corrected chi connectivity index (χ0v) is 11.4. The van der Waals surface area contributed by atoms with Gasteiger partial charge in [-0.15, -0.1) is 11.3 Å². The molecule has 1 aromatic rings. The molecule has 1 aromatic heterocycles. The average molecular weight is 225 g/mol. The highest BCUT2D eigenvalue weighted by Gasteiger charge is 2.19. The third kappa shape index (κ3) is 3.05. The highest BCUT2D eigenvalue weighted by molar-refractivity contribution is 7.12. The Bertz CT molecular complexity index is 284. The number of hydrogen-bond donors (Lipinski definition) is 1. The van der Waals surface area contributed by atoms with Crippen LogP contribution >= 0.6 is 11.3 Å². The van der Waals surface area contributed by atoms with Crippen LogP contribution in [0.2, 0.25) is 0 Å². The first-order valence-corrected chi connectivity index (χ1v) is 6.72. The second-order valence-electron chi connectivity index (χ2n) is 4.31. The summed E-state index contributed by atoms with van der Waals surface area (Å²) in [5.74, 6) is 0.711. The topological polar surface area (TPSA) is 12.0 Å². The van der Waals surface area contributed by atoms with E-state index in [1.54, 1.807) is 0 Å². The van der Waals surface area contributed by atoms with Gasteiger partial charge >= 0.3 is 0 Å². The third-order valence-electron chi connectivity index (χ3n) is 3.13. The van der Waals surface area contributed by atoms with Gasteiger partial charge in [0.1, 0.15) is 0 Å².